The number of aliphatic hydroxyl groups excluding tert-OH is 1. The quantitative estimate of drug-likeness (QED) is 0.761. The van der Waals surface area contributed by atoms with Gasteiger partial charge in [0.05, 0.1) is 11.6 Å². The number of hydrogen-bond donors (Lipinski definition) is 1. The molecule has 0 atom stereocenters. The van der Waals surface area contributed by atoms with Crippen LogP contribution in [-0.2, 0) is 19.8 Å². The average Bonchev–Trinajstić information content (AvgIpc) is 2.89. The monoisotopic (exact) mass is 309 g/mol. The van der Waals surface area contributed by atoms with E-state index in [1.165, 1.54) is 0 Å². The summed E-state index contributed by atoms with van der Waals surface area (Å²) in [5.74, 6) is 0.615. The molecule has 0 aliphatic carbocycles. The smallest absolute Gasteiger partial charge is 0.138 e. The molecule has 2 aromatic rings. The zero-order chi connectivity index (χ0) is 15.1. The van der Waals surface area contributed by atoms with Crippen LogP contribution in [0, 0.1) is 0 Å². The van der Waals surface area contributed by atoms with Gasteiger partial charge in [0, 0.05) is 6.54 Å². The van der Waals surface area contributed by atoms with Crippen molar-refractivity contribution in [2.75, 3.05) is 0 Å². The highest BCUT2D eigenvalue weighted by molar-refractivity contribution is 6.32. The Bertz CT molecular complexity index is 572. The normalized spacial score (nSPS) is 10.8. The zero-order valence-electron chi connectivity index (χ0n) is 12.1. The molecule has 114 valence electrons. The van der Waals surface area contributed by atoms with E-state index in [4.69, 9.17) is 16.3 Å². The highest BCUT2D eigenvalue weighted by Gasteiger charge is 2.13. The van der Waals surface area contributed by atoms with Gasteiger partial charge in [-0.2, -0.15) is 0 Å². The number of ether oxygens (including phenoxy) is 1. The molecule has 0 spiro atoms. The summed E-state index contributed by atoms with van der Waals surface area (Å²) in [7, 11) is 0. The second-order valence-corrected chi connectivity index (χ2v) is 5.20. The summed E-state index contributed by atoms with van der Waals surface area (Å²) in [6.45, 7) is 3.08. The maximum absolute atomic E-state index is 9.36. The van der Waals surface area contributed by atoms with Crippen molar-refractivity contribution in [2.45, 2.75) is 45.9 Å². The topological polar surface area (TPSA) is 60.2 Å². The molecule has 21 heavy (non-hydrogen) atoms. The van der Waals surface area contributed by atoms with E-state index in [-0.39, 0.29) is 6.61 Å². The Balaban J connectivity index is 2.07. The molecule has 0 fully saturated rings. The van der Waals surface area contributed by atoms with E-state index in [0.717, 1.165) is 31.5 Å². The van der Waals surface area contributed by atoms with Gasteiger partial charge in [0.1, 0.15) is 23.7 Å². The van der Waals surface area contributed by atoms with Crippen LogP contribution in [0.4, 0.5) is 0 Å². The third-order valence-electron chi connectivity index (χ3n) is 3.24. The Morgan fingerprint density at radius 1 is 1.29 bits per heavy atom. The molecule has 1 heterocycles. The van der Waals surface area contributed by atoms with Gasteiger partial charge in [-0.1, -0.05) is 48.7 Å². The maximum Gasteiger partial charge on any atom is 0.138 e. The van der Waals surface area contributed by atoms with Gasteiger partial charge in [0.15, 0.2) is 0 Å². The van der Waals surface area contributed by atoms with Gasteiger partial charge in [-0.15, -0.1) is 5.10 Å². The first-order chi connectivity index (χ1) is 10.3. The van der Waals surface area contributed by atoms with Crippen molar-refractivity contribution in [1.82, 2.24) is 15.0 Å². The number of rotatable bonds is 8. The molecule has 0 aliphatic rings. The van der Waals surface area contributed by atoms with Gasteiger partial charge in [-0.25, -0.2) is 4.68 Å². The Morgan fingerprint density at radius 3 is 2.81 bits per heavy atom. The van der Waals surface area contributed by atoms with Crippen LogP contribution in [-0.4, -0.2) is 20.1 Å². The Kier molecular flexibility index (Phi) is 6.02. The summed E-state index contributed by atoms with van der Waals surface area (Å²) < 4.78 is 7.53. The Morgan fingerprint density at radius 2 is 2.10 bits per heavy atom. The second kappa shape index (κ2) is 8.00. The van der Waals surface area contributed by atoms with E-state index in [1.807, 2.05) is 18.2 Å². The average molecular weight is 310 g/mol. The number of para-hydroxylation sites is 1. The lowest BCUT2D eigenvalue weighted by atomic mass is 10.2. The van der Waals surface area contributed by atoms with Crippen molar-refractivity contribution in [2.24, 2.45) is 0 Å². The molecule has 0 saturated heterocycles. The molecule has 0 saturated carbocycles. The fraction of sp³-hybridized carbons (Fsp3) is 0.467. The molecule has 1 aromatic heterocycles. The molecule has 0 unspecified atom stereocenters. The molecule has 5 nitrogen and oxygen atoms in total. The van der Waals surface area contributed by atoms with Crippen LogP contribution in [0.2, 0.25) is 5.02 Å². The molecular formula is C15H20ClN3O2. The number of nitrogens with zero attached hydrogens (tertiary/aromatic N) is 3. The number of benzene rings is 1. The van der Waals surface area contributed by atoms with Crippen LogP contribution in [0.1, 0.15) is 37.6 Å². The van der Waals surface area contributed by atoms with Gasteiger partial charge in [-0.05, 0) is 18.6 Å². The van der Waals surface area contributed by atoms with Crippen molar-refractivity contribution in [1.29, 1.82) is 0 Å². The SMILES string of the molecule is CCCCCn1nnc(CO)c1COc1ccccc1Cl. The number of unbranched alkanes of at least 4 members (excludes halogenated alkanes) is 2. The molecule has 0 radical (unpaired) electrons. The molecule has 1 aromatic carbocycles. The molecule has 6 heteroatoms. The van der Waals surface area contributed by atoms with Crippen LogP contribution < -0.4 is 4.74 Å². The van der Waals surface area contributed by atoms with Crippen molar-refractivity contribution in [3.05, 3.63) is 40.7 Å². The molecule has 0 aliphatic heterocycles. The molecule has 1 N–H and O–H groups in total. The Hall–Kier alpha value is -1.59. The number of aryl methyl sites for hydroxylation is 1. The van der Waals surface area contributed by atoms with Gasteiger partial charge in [0.25, 0.3) is 0 Å². The fourth-order valence-electron chi connectivity index (χ4n) is 2.05. The van der Waals surface area contributed by atoms with Crippen LogP contribution in [0.25, 0.3) is 0 Å². The number of halogens is 1. The summed E-state index contributed by atoms with van der Waals surface area (Å²) in [6, 6.07) is 7.31. The van der Waals surface area contributed by atoms with E-state index in [9.17, 15) is 5.11 Å². The van der Waals surface area contributed by atoms with E-state index >= 15 is 0 Å². The van der Waals surface area contributed by atoms with Crippen LogP contribution in [0.15, 0.2) is 24.3 Å². The van der Waals surface area contributed by atoms with E-state index in [2.05, 4.69) is 17.2 Å². The maximum atomic E-state index is 9.36. The van der Waals surface area contributed by atoms with Gasteiger partial charge < -0.3 is 9.84 Å². The lowest BCUT2D eigenvalue weighted by Crippen LogP contribution is -2.10. The van der Waals surface area contributed by atoms with Crippen LogP contribution in [0.3, 0.4) is 0 Å². The van der Waals surface area contributed by atoms with Crippen molar-refractivity contribution >= 4 is 11.6 Å². The third kappa shape index (κ3) is 4.19. The Labute approximate surface area is 129 Å². The standard InChI is InChI=1S/C15H20ClN3O2/c1-2-3-6-9-19-14(13(10-20)17-18-19)11-21-15-8-5-4-7-12(15)16/h4-5,7-8,20H,2-3,6,9-11H2,1H3. The lowest BCUT2D eigenvalue weighted by molar-refractivity contribution is 0.261. The van der Waals surface area contributed by atoms with Gasteiger partial charge >= 0.3 is 0 Å². The fourth-order valence-corrected chi connectivity index (χ4v) is 2.24. The van der Waals surface area contributed by atoms with Gasteiger partial charge in [0.2, 0.25) is 0 Å². The first-order valence-electron chi connectivity index (χ1n) is 7.15. The minimum absolute atomic E-state index is 0.144. The highest BCUT2D eigenvalue weighted by Crippen LogP contribution is 2.24. The predicted molar refractivity (Wildman–Crippen MR) is 81.3 cm³/mol. The van der Waals surface area contributed by atoms with Crippen molar-refractivity contribution in [3.8, 4) is 5.75 Å². The van der Waals surface area contributed by atoms with Crippen molar-refractivity contribution < 1.29 is 9.84 Å². The van der Waals surface area contributed by atoms with E-state index in [0.29, 0.717) is 23.1 Å². The summed E-state index contributed by atoms with van der Waals surface area (Å²) in [4.78, 5) is 0. The van der Waals surface area contributed by atoms with E-state index < -0.39 is 0 Å². The summed E-state index contributed by atoms with van der Waals surface area (Å²) >= 11 is 6.07. The first kappa shape index (κ1) is 15.8. The number of aliphatic hydroxyl groups is 1. The minimum atomic E-state index is -0.144. The van der Waals surface area contributed by atoms with Crippen molar-refractivity contribution in [3.63, 3.8) is 0 Å². The zero-order valence-corrected chi connectivity index (χ0v) is 12.9. The molecule has 0 amide bonds. The lowest BCUT2D eigenvalue weighted by Gasteiger charge is -2.10. The third-order valence-corrected chi connectivity index (χ3v) is 3.55. The molecule has 2 rings (SSSR count). The van der Waals surface area contributed by atoms with Gasteiger partial charge in [-0.3, -0.25) is 0 Å². The molecular weight excluding hydrogens is 290 g/mol. The first-order valence-corrected chi connectivity index (χ1v) is 7.53. The van der Waals surface area contributed by atoms with Crippen LogP contribution >= 0.6 is 11.6 Å². The largest absolute Gasteiger partial charge is 0.486 e. The molecule has 0 bridgehead atoms. The summed E-state index contributed by atoms with van der Waals surface area (Å²) in [6.07, 6.45) is 3.32. The second-order valence-electron chi connectivity index (χ2n) is 4.79. The minimum Gasteiger partial charge on any atom is -0.486 e. The summed E-state index contributed by atoms with van der Waals surface area (Å²) in [5, 5.41) is 18.0. The predicted octanol–water partition coefficient (Wildman–Crippen LogP) is 3.19. The number of aromatic nitrogens is 3. The summed E-state index contributed by atoms with van der Waals surface area (Å²) in [5.41, 5.74) is 1.35. The highest BCUT2D eigenvalue weighted by atomic mass is 35.5. The van der Waals surface area contributed by atoms with E-state index in [1.54, 1.807) is 10.7 Å². The number of hydrogen-bond acceptors (Lipinski definition) is 4. The van der Waals surface area contributed by atoms with Crippen LogP contribution in [0.5, 0.6) is 5.75 Å².